The number of nitrogens with zero attached hydrogens (tertiary/aromatic N) is 1. The minimum atomic E-state index is -1.15. The molecule has 0 unspecified atom stereocenters. The first kappa shape index (κ1) is 17.6. The van der Waals surface area contributed by atoms with Gasteiger partial charge >= 0.3 is 11.9 Å². The van der Waals surface area contributed by atoms with Gasteiger partial charge in [-0.2, -0.15) is 0 Å². The van der Waals surface area contributed by atoms with Gasteiger partial charge < -0.3 is 9.47 Å². The number of ether oxygens (including phenoxy) is 2. The number of carbonyl (C=O) groups excluding carboxylic acids is 3. The third kappa shape index (κ3) is 3.31. The molecule has 3 rings (SSSR count). The molecule has 1 aliphatic carbocycles. The fourth-order valence-electron chi connectivity index (χ4n) is 4.10. The van der Waals surface area contributed by atoms with Gasteiger partial charge in [-0.25, -0.2) is 0 Å². The standard InChI is InChI=1S/C19H23NO5/c1-13(21)25-16-8-9-19(18(23)24-2)12-20(11-15(16)17(19)22)10-14-6-4-3-5-7-14/h3-7,15-16H,8-12H2,1-2H3/t15-,16+,19+/m1/s1. The van der Waals surface area contributed by atoms with Gasteiger partial charge in [0.2, 0.25) is 0 Å². The van der Waals surface area contributed by atoms with Gasteiger partial charge in [0.15, 0.2) is 5.78 Å². The van der Waals surface area contributed by atoms with Crippen LogP contribution in [0.1, 0.15) is 25.3 Å². The third-order valence-electron chi connectivity index (χ3n) is 5.20. The minimum absolute atomic E-state index is 0.152. The number of rotatable bonds is 4. The summed E-state index contributed by atoms with van der Waals surface area (Å²) in [5.74, 6) is -1.53. The van der Waals surface area contributed by atoms with Crippen LogP contribution in [0, 0.1) is 11.3 Å². The molecule has 2 aliphatic rings. The number of methoxy groups -OCH3 is 1. The van der Waals surface area contributed by atoms with Crippen molar-refractivity contribution in [3.8, 4) is 0 Å². The summed E-state index contributed by atoms with van der Waals surface area (Å²) < 4.78 is 10.3. The van der Waals surface area contributed by atoms with Crippen molar-refractivity contribution in [2.24, 2.45) is 11.3 Å². The molecule has 0 radical (unpaired) electrons. The Bertz CT molecular complexity index is 674. The van der Waals surface area contributed by atoms with Crippen molar-refractivity contribution >= 4 is 17.7 Å². The van der Waals surface area contributed by atoms with Crippen LogP contribution in [-0.2, 0) is 30.4 Å². The van der Waals surface area contributed by atoms with E-state index in [9.17, 15) is 14.4 Å². The summed E-state index contributed by atoms with van der Waals surface area (Å²) in [6.07, 6.45) is 0.379. The summed E-state index contributed by atoms with van der Waals surface area (Å²) in [5.41, 5.74) is -0.0395. The predicted octanol–water partition coefficient (Wildman–Crippen LogP) is 1.57. The molecule has 6 nitrogen and oxygen atoms in total. The maximum atomic E-state index is 13.0. The van der Waals surface area contributed by atoms with Crippen LogP contribution in [-0.4, -0.2) is 48.9 Å². The van der Waals surface area contributed by atoms with Gasteiger partial charge in [-0.3, -0.25) is 19.3 Å². The Morgan fingerprint density at radius 3 is 2.64 bits per heavy atom. The number of likely N-dealkylation sites (tertiary alicyclic amines) is 1. The van der Waals surface area contributed by atoms with Crippen LogP contribution in [0.3, 0.4) is 0 Å². The quantitative estimate of drug-likeness (QED) is 0.609. The second kappa shape index (κ2) is 6.96. The molecule has 0 aromatic heterocycles. The topological polar surface area (TPSA) is 72.9 Å². The zero-order chi connectivity index (χ0) is 18.0. The zero-order valence-electron chi connectivity index (χ0n) is 14.6. The minimum Gasteiger partial charge on any atom is -0.468 e. The van der Waals surface area contributed by atoms with E-state index in [0.717, 1.165) is 5.56 Å². The van der Waals surface area contributed by atoms with Crippen LogP contribution < -0.4 is 0 Å². The number of ketones is 1. The molecule has 1 aromatic rings. The highest BCUT2D eigenvalue weighted by Gasteiger charge is 2.59. The molecule has 2 fully saturated rings. The lowest BCUT2D eigenvalue weighted by Crippen LogP contribution is -2.63. The Morgan fingerprint density at radius 2 is 2.00 bits per heavy atom. The van der Waals surface area contributed by atoms with Crippen molar-refractivity contribution in [1.29, 1.82) is 0 Å². The molecule has 2 bridgehead atoms. The van der Waals surface area contributed by atoms with Crippen molar-refractivity contribution in [2.45, 2.75) is 32.4 Å². The molecule has 0 spiro atoms. The molecular formula is C19H23NO5. The van der Waals surface area contributed by atoms with Gasteiger partial charge in [0.1, 0.15) is 11.5 Å². The largest absolute Gasteiger partial charge is 0.468 e. The van der Waals surface area contributed by atoms with Crippen LogP contribution in [0.25, 0.3) is 0 Å². The molecule has 1 heterocycles. The van der Waals surface area contributed by atoms with Crippen molar-refractivity contribution in [3.63, 3.8) is 0 Å². The molecule has 0 N–H and O–H groups in total. The number of hydrogen-bond donors (Lipinski definition) is 0. The maximum absolute atomic E-state index is 13.0. The fraction of sp³-hybridized carbons (Fsp3) is 0.526. The van der Waals surface area contributed by atoms with E-state index in [1.807, 2.05) is 30.3 Å². The summed E-state index contributed by atoms with van der Waals surface area (Å²) in [4.78, 5) is 38.9. The molecule has 3 atom stereocenters. The molecular weight excluding hydrogens is 322 g/mol. The van der Waals surface area contributed by atoms with Crippen LogP contribution in [0.5, 0.6) is 0 Å². The first-order valence-electron chi connectivity index (χ1n) is 8.52. The molecule has 1 aliphatic heterocycles. The Hall–Kier alpha value is -2.21. The zero-order valence-corrected chi connectivity index (χ0v) is 14.6. The van der Waals surface area contributed by atoms with E-state index in [-0.39, 0.29) is 5.78 Å². The van der Waals surface area contributed by atoms with Crippen molar-refractivity contribution < 1.29 is 23.9 Å². The van der Waals surface area contributed by atoms with Crippen molar-refractivity contribution in [2.75, 3.05) is 20.2 Å². The average molecular weight is 345 g/mol. The van der Waals surface area contributed by atoms with Crippen molar-refractivity contribution in [3.05, 3.63) is 35.9 Å². The van der Waals surface area contributed by atoms with Gasteiger partial charge in [0, 0.05) is 26.6 Å². The van der Waals surface area contributed by atoms with E-state index in [4.69, 9.17) is 9.47 Å². The third-order valence-corrected chi connectivity index (χ3v) is 5.20. The first-order valence-corrected chi connectivity index (χ1v) is 8.52. The monoisotopic (exact) mass is 345 g/mol. The fourth-order valence-corrected chi connectivity index (χ4v) is 4.10. The summed E-state index contributed by atoms with van der Waals surface area (Å²) in [6.45, 7) is 2.80. The number of benzene rings is 1. The number of fused-ring (bicyclic) bond motifs is 2. The lowest BCUT2D eigenvalue weighted by Gasteiger charge is -2.48. The van der Waals surface area contributed by atoms with Crippen molar-refractivity contribution in [1.82, 2.24) is 4.90 Å². The first-order chi connectivity index (χ1) is 12.0. The molecule has 6 heteroatoms. The van der Waals surface area contributed by atoms with E-state index in [1.165, 1.54) is 14.0 Å². The maximum Gasteiger partial charge on any atom is 0.320 e. The lowest BCUT2D eigenvalue weighted by molar-refractivity contribution is -0.178. The Labute approximate surface area is 147 Å². The van der Waals surface area contributed by atoms with E-state index in [2.05, 4.69) is 4.90 Å². The molecule has 1 saturated heterocycles. The highest BCUT2D eigenvalue weighted by Crippen LogP contribution is 2.43. The highest BCUT2D eigenvalue weighted by atomic mass is 16.5. The SMILES string of the molecule is COC(=O)[C@@]12CC[C@H](OC(C)=O)[C@@H](CN(Cc3ccccc3)C1)C2=O. The molecule has 1 aromatic carbocycles. The summed E-state index contributed by atoms with van der Waals surface area (Å²) in [7, 11) is 1.31. The Kier molecular flexibility index (Phi) is 4.90. The summed E-state index contributed by atoms with van der Waals surface area (Å²) in [5, 5.41) is 0. The van der Waals surface area contributed by atoms with Gasteiger partial charge in [-0.15, -0.1) is 0 Å². The Balaban J connectivity index is 1.87. The van der Waals surface area contributed by atoms with E-state index in [1.54, 1.807) is 0 Å². The summed E-state index contributed by atoms with van der Waals surface area (Å²) >= 11 is 0. The highest BCUT2D eigenvalue weighted by molar-refractivity contribution is 6.06. The Morgan fingerprint density at radius 1 is 1.28 bits per heavy atom. The van der Waals surface area contributed by atoms with Gasteiger partial charge in [0.25, 0.3) is 0 Å². The normalized spacial score (nSPS) is 29.1. The second-order valence-electron chi connectivity index (χ2n) is 6.89. The van der Waals surface area contributed by atoms with E-state index >= 15 is 0 Å². The van der Waals surface area contributed by atoms with Gasteiger partial charge in [-0.05, 0) is 18.4 Å². The number of esters is 2. The second-order valence-corrected chi connectivity index (χ2v) is 6.89. The number of piperidine rings is 1. The van der Waals surface area contributed by atoms with Crippen LogP contribution in [0.2, 0.25) is 0 Å². The van der Waals surface area contributed by atoms with Gasteiger partial charge in [-0.1, -0.05) is 30.3 Å². The number of hydrogen-bond acceptors (Lipinski definition) is 6. The van der Waals surface area contributed by atoms with Crippen LogP contribution in [0.15, 0.2) is 30.3 Å². The van der Waals surface area contributed by atoms with Crippen LogP contribution in [0.4, 0.5) is 0 Å². The number of Topliss-reactive ketones (excluding diaryl/α,β-unsaturated/α-hetero) is 1. The number of carbonyl (C=O) groups is 3. The summed E-state index contributed by atoms with van der Waals surface area (Å²) in [6, 6.07) is 9.90. The molecule has 134 valence electrons. The van der Waals surface area contributed by atoms with Crippen LogP contribution >= 0.6 is 0 Å². The lowest BCUT2D eigenvalue weighted by atomic mass is 9.64. The van der Waals surface area contributed by atoms with E-state index in [0.29, 0.717) is 32.5 Å². The average Bonchev–Trinajstić information content (AvgIpc) is 2.59. The molecule has 25 heavy (non-hydrogen) atoms. The molecule has 0 amide bonds. The van der Waals surface area contributed by atoms with Gasteiger partial charge in [0.05, 0.1) is 13.0 Å². The van der Waals surface area contributed by atoms with E-state index < -0.39 is 29.4 Å². The molecule has 1 saturated carbocycles. The smallest absolute Gasteiger partial charge is 0.320 e. The predicted molar refractivity (Wildman–Crippen MR) is 89.5 cm³/mol.